The summed E-state index contributed by atoms with van der Waals surface area (Å²) in [6.45, 7) is 6.13. The molecule has 1 atom stereocenters. The number of nitrogens with zero attached hydrogens (tertiary/aromatic N) is 1. The lowest BCUT2D eigenvalue weighted by atomic mass is 10.1. The molecule has 0 saturated carbocycles. The molecule has 70 valence electrons. The molecule has 2 nitrogen and oxygen atoms in total. The van der Waals surface area contributed by atoms with Crippen LogP contribution in [0, 0.1) is 12.3 Å². The summed E-state index contributed by atoms with van der Waals surface area (Å²) < 4.78 is 0. The van der Waals surface area contributed by atoms with Crippen LogP contribution in [0.4, 0.5) is 0 Å². The van der Waals surface area contributed by atoms with Gasteiger partial charge in [0, 0.05) is 11.6 Å². The minimum Gasteiger partial charge on any atom is -0.293 e. The van der Waals surface area contributed by atoms with Crippen LogP contribution in [0.3, 0.4) is 0 Å². The highest BCUT2D eigenvalue weighted by molar-refractivity contribution is 7.09. The van der Waals surface area contributed by atoms with Gasteiger partial charge in [-0.2, -0.15) is 0 Å². The number of terminal acetylenes is 1. The molecule has 1 aromatic heterocycles. The Morgan fingerprint density at radius 3 is 2.85 bits per heavy atom. The van der Waals surface area contributed by atoms with Gasteiger partial charge in [-0.3, -0.25) is 5.32 Å². The molecule has 3 heteroatoms. The van der Waals surface area contributed by atoms with Crippen molar-refractivity contribution in [1.82, 2.24) is 10.3 Å². The van der Waals surface area contributed by atoms with Gasteiger partial charge in [0.25, 0.3) is 0 Å². The summed E-state index contributed by atoms with van der Waals surface area (Å²) in [6.07, 6.45) is 7.11. The summed E-state index contributed by atoms with van der Waals surface area (Å²) in [5, 5.41) is 6.36. The van der Waals surface area contributed by atoms with Crippen LogP contribution >= 0.6 is 11.3 Å². The predicted molar refractivity (Wildman–Crippen MR) is 56.6 cm³/mol. The molecule has 0 saturated heterocycles. The van der Waals surface area contributed by atoms with Gasteiger partial charge < -0.3 is 0 Å². The Balaban J connectivity index is 2.73. The number of hydrogen-bond donors (Lipinski definition) is 1. The van der Waals surface area contributed by atoms with Crippen molar-refractivity contribution >= 4 is 11.3 Å². The third-order valence-corrected chi connectivity index (χ3v) is 2.89. The SMILES string of the molecule is C#CC(C)NC(C)(C)c1nccs1. The largest absolute Gasteiger partial charge is 0.293 e. The highest BCUT2D eigenvalue weighted by atomic mass is 32.1. The molecule has 0 spiro atoms. The molecule has 0 amide bonds. The average molecular weight is 194 g/mol. The summed E-state index contributed by atoms with van der Waals surface area (Å²) >= 11 is 1.64. The number of aromatic nitrogens is 1. The van der Waals surface area contributed by atoms with Crippen molar-refractivity contribution < 1.29 is 0 Å². The fourth-order valence-electron chi connectivity index (χ4n) is 1.18. The number of thiazole rings is 1. The van der Waals surface area contributed by atoms with Crippen LogP contribution in [0.2, 0.25) is 0 Å². The topological polar surface area (TPSA) is 24.9 Å². The van der Waals surface area contributed by atoms with E-state index in [9.17, 15) is 0 Å². The first-order valence-electron chi connectivity index (χ1n) is 4.20. The fraction of sp³-hybridized carbons (Fsp3) is 0.500. The van der Waals surface area contributed by atoms with Crippen LogP contribution in [0.5, 0.6) is 0 Å². The van der Waals surface area contributed by atoms with Crippen LogP contribution < -0.4 is 5.32 Å². The molecular weight excluding hydrogens is 180 g/mol. The zero-order valence-electron chi connectivity index (χ0n) is 8.16. The minimum atomic E-state index is -0.139. The molecule has 1 aromatic rings. The minimum absolute atomic E-state index is 0.0684. The zero-order chi connectivity index (χ0) is 9.90. The Labute approximate surface area is 83.4 Å². The van der Waals surface area contributed by atoms with Gasteiger partial charge in [-0.25, -0.2) is 4.98 Å². The maximum atomic E-state index is 5.30. The van der Waals surface area contributed by atoms with E-state index in [-0.39, 0.29) is 11.6 Å². The van der Waals surface area contributed by atoms with Crippen molar-refractivity contribution in [3.8, 4) is 12.3 Å². The molecule has 1 unspecified atom stereocenters. The van der Waals surface area contributed by atoms with E-state index in [2.05, 4.69) is 30.1 Å². The van der Waals surface area contributed by atoms with Gasteiger partial charge in [-0.1, -0.05) is 5.92 Å². The molecule has 0 aromatic carbocycles. The first kappa shape index (κ1) is 10.2. The standard InChI is InChI=1S/C10H14N2S/c1-5-8(2)12-10(3,4)9-11-6-7-13-9/h1,6-8,12H,2-4H3. The van der Waals surface area contributed by atoms with Crippen molar-refractivity contribution in [2.45, 2.75) is 32.4 Å². The van der Waals surface area contributed by atoms with E-state index in [1.807, 2.05) is 18.5 Å². The Morgan fingerprint density at radius 2 is 2.38 bits per heavy atom. The van der Waals surface area contributed by atoms with Crippen molar-refractivity contribution in [3.05, 3.63) is 16.6 Å². The van der Waals surface area contributed by atoms with Crippen molar-refractivity contribution in [2.24, 2.45) is 0 Å². The van der Waals surface area contributed by atoms with Gasteiger partial charge >= 0.3 is 0 Å². The molecule has 0 bridgehead atoms. The lowest BCUT2D eigenvalue weighted by Crippen LogP contribution is -2.41. The van der Waals surface area contributed by atoms with E-state index in [0.717, 1.165) is 5.01 Å². The Hall–Kier alpha value is -0.850. The second-order valence-electron chi connectivity index (χ2n) is 3.49. The van der Waals surface area contributed by atoms with Crippen LogP contribution in [0.25, 0.3) is 0 Å². The Bertz CT molecular complexity index is 295. The molecule has 0 fully saturated rings. The molecule has 1 heterocycles. The van der Waals surface area contributed by atoms with Gasteiger partial charge in [0.1, 0.15) is 5.01 Å². The maximum Gasteiger partial charge on any atom is 0.112 e. The molecule has 0 aliphatic heterocycles. The molecular formula is C10H14N2S. The van der Waals surface area contributed by atoms with Gasteiger partial charge in [0.2, 0.25) is 0 Å². The van der Waals surface area contributed by atoms with Crippen molar-refractivity contribution in [3.63, 3.8) is 0 Å². The molecule has 1 N–H and O–H groups in total. The summed E-state index contributed by atoms with van der Waals surface area (Å²) in [4.78, 5) is 4.26. The quantitative estimate of drug-likeness (QED) is 0.744. The van der Waals surface area contributed by atoms with Crippen molar-refractivity contribution in [1.29, 1.82) is 0 Å². The Morgan fingerprint density at radius 1 is 1.69 bits per heavy atom. The van der Waals surface area contributed by atoms with E-state index >= 15 is 0 Å². The number of nitrogens with one attached hydrogen (secondary N) is 1. The second kappa shape index (κ2) is 3.91. The van der Waals surface area contributed by atoms with E-state index in [1.165, 1.54) is 0 Å². The molecule has 13 heavy (non-hydrogen) atoms. The monoisotopic (exact) mass is 194 g/mol. The molecule has 0 aliphatic carbocycles. The van der Waals surface area contributed by atoms with E-state index < -0.39 is 0 Å². The van der Waals surface area contributed by atoms with Crippen LogP contribution in [0.15, 0.2) is 11.6 Å². The average Bonchev–Trinajstić information content (AvgIpc) is 2.55. The van der Waals surface area contributed by atoms with Gasteiger partial charge in [-0.05, 0) is 20.8 Å². The van der Waals surface area contributed by atoms with Crippen LogP contribution in [-0.4, -0.2) is 11.0 Å². The van der Waals surface area contributed by atoms with Crippen molar-refractivity contribution in [2.75, 3.05) is 0 Å². The van der Waals surface area contributed by atoms with E-state index in [1.54, 1.807) is 11.3 Å². The Kier molecular flexibility index (Phi) is 3.07. The normalized spacial score (nSPS) is 13.7. The maximum absolute atomic E-state index is 5.30. The number of hydrogen-bond acceptors (Lipinski definition) is 3. The second-order valence-corrected chi connectivity index (χ2v) is 4.39. The van der Waals surface area contributed by atoms with E-state index in [0.29, 0.717) is 0 Å². The predicted octanol–water partition coefficient (Wildman–Crippen LogP) is 1.99. The summed E-state index contributed by atoms with van der Waals surface area (Å²) in [7, 11) is 0. The summed E-state index contributed by atoms with van der Waals surface area (Å²) in [5.41, 5.74) is -0.139. The lowest BCUT2D eigenvalue weighted by Gasteiger charge is -2.25. The third-order valence-electron chi connectivity index (χ3n) is 1.79. The molecule has 0 radical (unpaired) electrons. The van der Waals surface area contributed by atoms with E-state index in [4.69, 9.17) is 6.42 Å². The van der Waals surface area contributed by atoms with Crippen LogP contribution in [-0.2, 0) is 5.54 Å². The third kappa shape index (κ3) is 2.55. The first-order chi connectivity index (χ1) is 6.06. The molecule has 1 rings (SSSR count). The lowest BCUT2D eigenvalue weighted by molar-refractivity contribution is 0.385. The molecule has 0 aliphatic rings. The smallest absolute Gasteiger partial charge is 0.112 e. The zero-order valence-corrected chi connectivity index (χ0v) is 8.98. The van der Waals surface area contributed by atoms with Crippen LogP contribution in [0.1, 0.15) is 25.8 Å². The highest BCUT2D eigenvalue weighted by Gasteiger charge is 2.23. The fourth-order valence-corrected chi connectivity index (χ4v) is 1.90. The highest BCUT2D eigenvalue weighted by Crippen LogP contribution is 2.22. The van der Waals surface area contributed by atoms with Gasteiger partial charge in [0.05, 0.1) is 11.6 Å². The van der Waals surface area contributed by atoms with Gasteiger partial charge in [0.15, 0.2) is 0 Å². The summed E-state index contributed by atoms with van der Waals surface area (Å²) in [6, 6.07) is 0.0684. The number of rotatable bonds is 3. The first-order valence-corrected chi connectivity index (χ1v) is 5.08. The van der Waals surface area contributed by atoms with Gasteiger partial charge in [-0.15, -0.1) is 17.8 Å². The summed E-state index contributed by atoms with van der Waals surface area (Å²) in [5.74, 6) is 2.65.